The molecule has 2 unspecified atom stereocenters. The number of aliphatic carboxylic acids is 1. The van der Waals surface area contributed by atoms with Crippen LogP contribution in [0.4, 0.5) is 11.6 Å². The first-order chi connectivity index (χ1) is 14.5. The van der Waals surface area contributed by atoms with E-state index in [1.54, 1.807) is 60.7 Å². The molecule has 0 spiro atoms. The molecule has 9 nitrogen and oxygen atoms in total. The number of rotatable bonds is 5. The van der Waals surface area contributed by atoms with Crippen molar-refractivity contribution in [3.05, 3.63) is 94.0 Å². The lowest BCUT2D eigenvalue weighted by Crippen LogP contribution is -2.46. The smallest absolute Gasteiger partial charge is 0.366 e. The van der Waals surface area contributed by atoms with E-state index in [0.717, 1.165) is 11.0 Å². The van der Waals surface area contributed by atoms with Gasteiger partial charge in [-0.2, -0.15) is 0 Å². The summed E-state index contributed by atoms with van der Waals surface area (Å²) < 4.78 is 5.79. The molecule has 30 heavy (non-hydrogen) atoms. The summed E-state index contributed by atoms with van der Waals surface area (Å²) in [6.07, 6.45) is -1.12. The highest BCUT2D eigenvalue weighted by atomic mass is 16.6. The number of fused-ring (bicyclic) bond motifs is 1. The highest BCUT2D eigenvalue weighted by Gasteiger charge is 2.46. The van der Waals surface area contributed by atoms with Crippen LogP contribution in [0.1, 0.15) is 23.3 Å². The number of amides is 1. The van der Waals surface area contributed by atoms with Crippen LogP contribution in [0.15, 0.2) is 72.8 Å². The maximum absolute atomic E-state index is 13.4. The number of benzene rings is 2. The number of hydrogen-bond acceptors (Lipinski definition) is 6. The van der Waals surface area contributed by atoms with Gasteiger partial charge in [0.05, 0.1) is 0 Å². The number of ether oxygens (including phenoxy) is 1. The predicted octanol–water partition coefficient (Wildman–Crippen LogP) is 3.28. The highest BCUT2D eigenvalue weighted by molar-refractivity contribution is 6.04. The molecular formula is C21H15N3O6. The molecule has 4 rings (SSSR count). The van der Waals surface area contributed by atoms with E-state index in [1.165, 1.54) is 6.07 Å². The van der Waals surface area contributed by atoms with Crippen LogP contribution in [0.5, 0.6) is 5.75 Å². The van der Waals surface area contributed by atoms with Crippen molar-refractivity contribution in [3.63, 3.8) is 0 Å². The van der Waals surface area contributed by atoms with Gasteiger partial charge in [0.25, 0.3) is 11.7 Å². The lowest BCUT2D eigenvalue weighted by atomic mass is 10.0. The molecular weight excluding hydrogens is 390 g/mol. The van der Waals surface area contributed by atoms with E-state index >= 15 is 0 Å². The average Bonchev–Trinajstić information content (AvgIpc) is 2.76. The second-order valence-electron chi connectivity index (χ2n) is 6.52. The molecule has 3 aromatic rings. The van der Waals surface area contributed by atoms with E-state index in [9.17, 15) is 24.8 Å². The summed E-state index contributed by atoms with van der Waals surface area (Å²) in [7, 11) is 0. The molecule has 1 N–H and O–H groups in total. The second-order valence-corrected chi connectivity index (χ2v) is 6.52. The lowest BCUT2D eigenvalue weighted by Gasteiger charge is -2.34. The number of pyridine rings is 1. The van der Waals surface area contributed by atoms with Gasteiger partial charge >= 0.3 is 11.8 Å². The molecule has 150 valence electrons. The molecule has 0 fully saturated rings. The van der Waals surface area contributed by atoms with Crippen LogP contribution in [0, 0.1) is 10.1 Å². The van der Waals surface area contributed by atoms with Crippen molar-refractivity contribution in [1.29, 1.82) is 0 Å². The Balaban J connectivity index is 1.91. The van der Waals surface area contributed by atoms with E-state index in [2.05, 4.69) is 4.98 Å². The molecule has 0 saturated heterocycles. The van der Waals surface area contributed by atoms with Crippen molar-refractivity contribution >= 4 is 23.5 Å². The van der Waals surface area contributed by atoms with Crippen molar-refractivity contribution in [2.24, 2.45) is 0 Å². The molecule has 9 heteroatoms. The largest absolute Gasteiger partial charge is 0.479 e. The molecule has 1 aliphatic rings. The van der Waals surface area contributed by atoms with Gasteiger partial charge in [-0.1, -0.05) is 60.7 Å². The van der Waals surface area contributed by atoms with E-state index in [4.69, 9.17) is 4.74 Å². The zero-order valence-corrected chi connectivity index (χ0v) is 15.4. The summed E-state index contributed by atoms with van der Waals surface area (Å²) >= 11 is 0. The molecule has 1 aromatic heterocycles. The Morgan fingerprint density at radius 3 is 2.30 bits per heavy atom. The third kappa shape index (κ3) is 3.32. The van der Waals surface area contributed by atoms with Gasteiger partial charge in [-0.05, 0) is 21.5 Å². The summed E-state index contributed by atoms with van der Waals surface area (Å²) in [5.74, 6) is -2.64. The Kier molecular flexibility index (Phi) is 4.85. The molecule has 2 atom stereocenters. The quantitative estimate of drug-likeness (QED) is 0.510. The molecule has 0 radical (unpaired) electrons. The number of anilines is 1. The van der Waals surface area contributed by atoms with Gasteiger partial charge in [0.15, 0.2) is 11.8 Å². The minimum absolute atomic E-state index is 0.0798. The van der Waals surface area contributed by atoms with Gasteiger partial charge in [-0.25, -0.2) is 4.79 Å². The maximum Gasteiger partial charge on any atom is 0.366 e. The first kappa shape index (κ1) is 19.1. The fourth-order valence-electron chi connectivity index (χ4n) is 3.33. The average molecular weight is 405 g/mol. The molecule has 0 aliphatic carbocycles. The van der Waals surface area contributed by atoms with Crippen molar-refractivity contribution in [1.82, 2.24) is 4.98 Å². The first-order valence-corrected chi connectivity index (χ1v) is 8.95. The summed E-state index contributed by atoms with van der Waals surface area (Å²) in [5.41, 5.74) is 0.847. The topological polar surface area (TPSA) is 123 Å². The molecule has 1 aliphatic heterocycles. The lowest BCUT2D eigenvalue weighted by molar-refractivity contribution is -0.389. The zero-order valence-electron chi connectivity index (χ0n) is 15.4. The number of carboxylic acid groups (broad SMARTS) is 1. The molecule has 0 saturated carbocycles. The third-order valence-corrected chi connectivity index (χ3v) is 4.66. The summed E-state index contributed by atoms with van der Waals surface area (Å²) in [6.45, 7) is 0. The number of nitro groups is 1. The van der Waals surface area contributed by atoms with Crippen LogP contribution in [0.3, 0.4) is 0 Å². The minimum atomic E-state index is -1.44. The van der Waals surface area contributed by atoms with Gasteiger partial charge in [0, 0.05) is 11.6 Å². The van der Waals surface area contributed by atoms with E-state index in [1.807, 2.05) is 0 Å². The van der Waals surface area contributed by atoms with Gasteiger partial charge in [0.2, 0.25) is 6.10 Å². The van der Waals surface area contributed by atoms with E-state index in [-0.39, 0.29) is 11.6 Å². The van der Waals surface area contributed by atoms with Crippen LogP contribution in [-0.2, 0) is 9.59 Å². The molecule has 1 amide bonds. The Bertz CT molecular complexity index is 1120. The van der Waals surface area contributed by atoms with Crippen LogP contribution in [0.25, 0.3) is 0 Å². The van der Waals surface area contributed by atoms with E-state index < -0.39 is 34.8 Å². The normalized spacial score (nSPS) is 16.3. The minimum Gasteiger partial charge on any atom is -0.479 e. The standard InChI is InChI=1S/C21H15N3O6/c25-20-18(14-9-5-2-6-10-14)30-15-11-12-16(24(28)29)22-19(15)23(20)17(21(26)27)13-7-3-1-4-8-13/h1-12,17-18H,(H,26,27). The third-order valence-electron chi connectivity index (χ3n) is 4.66. The van der Waals surface area contributed by atoms with Crippen molar-refractivity contribution in [3.8, 4) is 5.75 Å². The van der Waals surface area contributed by atoms with Gasteiger partial charge in [-0.3, -0.25) is 9.69 Å². The Labute approximate surface area is 170 Å². The fraction of sp³-hybridized carbons (Fsp3) is 0.0952. The number of nitrogens with zero attached hydrogens (tertiary/aromatic N) is 3. The van der Waals surface area contributed by atoms with Crippen LogP contribution >= 0.6 is 0 Å². The molecule has 2 heterocycles. The SMILES string of the molecule is O=C(O)C(c1ccccc1)N1C(=O)C(c2ccccc2)Oc2ccc([N+](=O)[O-])nc21. The predicted molar refractivity (Wildman–Crippen MR) is 105 cm³/mol. The number of carboxylic acids is 1. The highest BCUT2D eigenvalue weighted by Crippen LogP contribution is 2.42. The maximum atomic E-state index is 13.4. The fourth-order valence-corrected chi connectivity index (χ4v) is 3.33. The Hall–Kier alpha value is -4.27. The summed E-state index contributed by atoms with van der Waals surface area (Å²) in [4.78, 5) is 41.0. The molecule has 2 aromatic carbocycles. The van der Waals surface area contributed by atoms with Crippen LogP contribution < -0.4 is 9.64 Å². The number of hydrogen-bond donors (Lipinski definition) is 1. The van der Waals surface area contributed by atoms with E-state index in [0.29, 0.717) is 11.1 Å². The number of carbonyl (C=O) groups excluding carboxylic acids is 1. The van der Waals surface area contributed by atoms with Gasteiger partial charge in [0.1, 0.15) is 0 Å². The Morgan fingerprint density at radius 1 is 1.07 bits per heavy atom. The van der Waals surface area contributed by atoms with Gasteiger partial charge < -0.3 is 20.0 Å². The number of aromatic nitrogens is 1. The summed E-state index contributed by atoms with van der Waals surface area (Å²) in [5, 5.41) is 21.2. The second kappa shape index (κ2) is 7.63. The number of carbonyl (C=O) groups is 2. The monoisotopic (exact) mass is 405 g/mol. The van der Waals surface area contributed by atoms with Crippen LogP contribution in [0.2, 0.25) is 0 Å². The van der Waals surface area contributed by atoms with Crippen molar-refractivity contribution in [2.45, 2.75) is 12.1 Å². The van der Waals surface area contributed by atoms with Crippen LogP contribution in [-0.4, -0.2) is 26.9 Å². The van der Waals surface area contributed by atoms with Gasteiger partial charge in [-0.15, -0.1) is 0 Å². The van der Waals surface area contributed by atoms with Crippen molar-refractivity contribution in [2.75, 3.05) is 4.90 Å². The van der Waals surface area contributed by atoms with Crippen molar-refractivity contribution < 1.29 is 24.4 Å². The summed E-state index contributed by atoms with van der Waals surface area (Å²) in [6, 6.07) is 17.8. The molecule has 0 bridgehead atoms. The Morgan fingerprint density at radius 2 is 1.70 bits per heavy atom. The first-order valence-electron chi connectivity index (χ1n) is 8.95. The zero-order chi connectivity index (χ0) is 21.3.